The number of ketones is 1. The third-order valence-electron chi connectivity index (χ3n) is 3.88. The largest absolute Gasteiger partial charge is 0.347 e. The Kier molecular flexibility index (Phi) is 4.21. The van der Waals surface area contributed by atoms with Crippen molar-refractivity contribution in [1.82, 2.24) is 9.72 Å². The highest BCUT2D eigenvalue weighted by Gasteiger charge is 2.24. The van der Waals surface area contributed by atoms with E-state index in [1.165, 1.54) is 0 Å². The number of benzene rings is 1. The van der Waals surface area contributed by atoms with Crippen molar-refractivity contribution in [1.29, 1.82) is 0 Å². The summed E-state index contributed by atoms with van der Waals surface area (Å²) in [5.41, 5.74) is 4.12. The van der Waals surface area contributed by atoms with Crippen molar-refractivity contribution < 1.29 is 9.59 Å². The molecule has 1 aromatic carbocycles. The molecule has 0 atom stereocenters. The molecule has 1 N–H and O–H groups in total. The Bertz CT molecular complexity index is 905. The van der Waals surface area contributed by atoms with Crippen molar-refractivity contribution in [3.05, 3.63) is 66.0 Å². The Balaban J connectivity index is 2.17. The number of nitrogens with zero attached hydrogens (tertiary/aromatic N) is 1. The van der Waals surface area contributed by atoms with Crippen LogP contribution in [0, 0.1) is 6.92 Å². The molecule has 0 bridgehead atoms. The van der Waals surface area contributed by atoms with E-state index in [1.54, 1.807) is 4.40 Å². The second-order valence-electron chi connectivity index (χ2n) is 6.23. The molecule has 0 spiro atoms. The molecule has 0 aliphatic heterocycles. The second kappa shape index (κ2) is 6.32. The number of Topliss-reactive ketones (excluding diaryl/α,β-unsaturated/α-hetero) is 1. The first-order valence-electron chi connectivity index (χ1n) is 7.99. The molecule has 4 nitrogen and oxygen atoms in total. The first-order chi connectivity index (χ1) is 11.5. The molecule has 0 radical (unpaired) electrons. The van der Waals surface area contributed by atoms with Crippen LogP contribution in [-0.2, 0) is 4.79 Å². The van der Waals surface area contributed by atoms with Crippen LogP contribution < -0.4 is 5.32 Å². The lowest BCUT2D eigenvalue weighted by Gasteiger charge is -2.09. The van der Waals surface area contributed by atoms with Crippen LogP contribution in [0.5, 0.6) is 0 Å². The van der Waals surface area contributed by atoms with Gasteiger partial charge in [0.1, 0.15) is 5.69 Å². The van der Waals surface area contributed by atoms with Crippen molar-refractivity contribution >= 4 is 17.2 Å². The third-order valence-corrected chi connectivity index (χ3v) is 3.88. The Labute approximate surface area is 141 Å². The van der Waals surface area contributed by atoms with Gasteiger partial charge in [-0.1, -0.05) is 35.9 Å². The summed E-state index contributed by atoms with van der Waals surface area (Å²) in [5, 5.41) is 2.68. The summed E-state index contributed by atoms with van der Waals surface area (Å²) in [6.45, 7) is 5.69. The molecule has 3 aromatic rings. The van der Waals surface area contributed by atoms with Crippen LogP contribution in [0.3, 0.4) is 0 Å². The van der Waals surface area contributed by atoms with E-state index in [0.717, 1.165) is 22.2 Å². The van der Waals surface area contributed by atoms with Crippen molar-refractivity contribution in [2.45, 2.75) is 26.8 Å². The maximum absolute atomic E-state index is 12.8. The van der Waals surface area contributed by atoms with Gasteiger partial charge in [-0.05, 0) is 44.5 Å². The summed E-state index contributed by atoms with van der Waals surface area (Å²) in [4.78, 5) is 25.0. The van der Waals surface area contributed by atoms with Gasteiger partial charge in [-0.3, -0.25) is 9.59 Å². The summed E-state index contributed by atoms with van der Waals surface area (Å²) in [7, 11) is 0. The highest BCUT2D eigenvalue weighted by atomic mass is 16.2. The van der Waals surface area contributed by atoms with Gasteiger partial charge >= 0.3 is 0 Å². The standard InChI is InChI=1S/C20H20N2O2/c1-13(2)21-20(24)19(23)18-17(15-9-7-14(3)8-10-15)12-16-6-4-5-11-22(16)18/h4-13H,1-3H3,(H,21,24). The number of aromatic nitrogens is 1. The van der Waals surface area contributed by atoms with Crippen molar-refractivity contribution in [2.24, 2.45) is 0 Å². The maximum atomic E-state index is 12.8. The molecule has 2 heterocycles. The minimum Gasteiger partial charge on any atom is -0.347 e. The molecule has 0 saturated carbocycles. The summed E-state index contributed by atoms with van der Waals surface area (Å²) in [6.07, 6.45) is 1.81. The molecule has 0 unspecified atom stereocenters. The molecule has 122 valence electrons. The van der Waals surface area contributed by atoms with E-state index < -0.39 is 11.7 Å². The first-order valence-corrected chi connectivity index (χ1v) is 7.99. The zero-order chi connectivity index (χ0) is 17.3. The highest BCUT2D eigenvalue weighted by molar-refractivity contribution is 6.43. The van der Waals surface area contributed by atoms with Crippen LogP contribution in [0.15, 0.2) is 54.7 Å². The van der Waals surface area contributed by atoms with Crippen LogP contribution in [-0.4, -0.2) is 22.1 Å². The Morgan fingerprint density at radius 2 is 1.75 bits per heavy atom. The maximum Gasteiger partial charge on any atom is 0.294 e. The third kappa shape index (κ3) is 2.95. The zero-order valence-electron chi connectivity index (χ0n) is 14.0. The SMILES string of the molecule is Cc1ccc(-c2cc3ccccn3c2C(=O)C(=O)NC(C)C)cc1. The number of aryl methyl sites for hydroxylation is 1. The topological polar surface area (TPSA) is 50.6 Å². The average molecular weight is 320 g/mol. The highest BCUT2D eigenvalue weighted by Crippen LogP contribution is 2.28. The number of hydrogen-bond donors (Lipinski definition) is 1. The fourth-order valence-corrected chi connectivity index (χ4v) is 2.74. The summed E-state index contributed by atoms with van der Waals surface area (Å²) in [5.74, 6) is -1.10. The van der Waals surface area contributed by atoms with E-state index >= 15 is 0 Å². The molecule has 0 saturated heterocycles. The number of nitrogens with one attached hydrogen (secondary N) is 1. The number of amides is 1. The molecule has 4 heteroatoms. The molecule has 0 aliphatic carbocycles. The molecule has 1 amide bonds. The van der Waals surface area contributed by atoms with E-state index in [1.807, 2.05) is 75.5 Å². The van der Waals surface area contributed by atoms with Gasteiger partial charge in [-0.2, -0.15) is 0 Å². The molecule has 2 aromatic heterocycles. The zero-order valence-corrected chi connectivity index (χ0v) is 14.0. The lowest BCUT2D eigenvalue weighted by molar-refractivity contribution is -0.117. The average Bonchev–Trinajstić information content (AvgIpc) is 2.93. The monoisotopic (exact) mass is 320 g/mol. The molecular weight excluding hydrogens is 300 g/mol. The minimum atomic E-state index is -0.581. The van der Waals surface area contributed by atoms with Crippen molar-refractivity contribution in [2.75, 3.05) is 0 Å². The van der Waals surface area contributed by atoms with Crippen molar-refractivity contribution in [3.8, 4) is 11.1 Å². The van der Waals surface area contributed by atoms with Crippen LogP contribution in [0.2, 0.25) is 0 Å². The number of hydrogen-bond acceptors (Lipinski definition) is 2. The predicted octanol–water partition coefficient (Wildman–Crippen LogP) is 3.62. The van der Waals surface area contributed by atoms with Crippen LogP contribution in [0.1, 0.15) is 29.9 Å². The number of rotatable bonds is 4. The van der Waals surface area contributed by atoms with Gasteiger partial charge in [0.15, 0.2) is 0 Å². The fourth-order valence-electron chi connectivity index (χ4n) is 2.74. The van der Waals surface area contributed by atoms with Crippen LogP contribution in [0.25, 0.3) is 16.6 Å². The summed E-state index contributed by atoms with van der Waals surface area (Å²) < 4.78 is 1.78. The Morgan fingerprint density at radius 3 is 2.42 bits per heavy atom. The molecule has 3 rings (SSSR count). The predicted molar refractivity (Wildman–Crippen MR) is 95.2 cm³/mol. The Hall–Kier alpha value is -2.88. The lowest BCUT2D eigenvalue weighted by Crippen LogP contribution is -2.36. The fraction of sp³-hybridized carbons (Fsp3) is 0.200. The van der Waals surface area contributed by atoms with Crippen LogP contribution in [0.4, 0.5) is 0 Å². The van der Waals surface area contributed by atoms with Crippen molar-refractivity contribution in [3.63, 3.8) is 0 Å². The summed E-state index contributed by atoms with van der Waals surface area (Å²) >= 11 is 0. The minimum absolute atomic E-state index is 0.0875. The molecule has 0 fully saturated rings. The van der Waals surface area contributed by atoms with E-state index in [0.29, 0.717) is 5.69 Å². The van der Waals surface area contributed by atoms with Crippen LogP contribution >= 0.6 is 0 Å². The van der Waals surface area contributed by atoms with Gasteiger partial charge in [-0.25, -0.2) is 0 Å². The normalized spacial score (nSPS) is 11.0. The quantitative estimate of drug-likeness (QED) is 0.589. The van der Waals surface area contributed by atoms with Gasteiger partial charge in [0.05, 0.1) is 0 Å². The summed E-state index contributed by atoms with van der Waals surface area (Å²) in [6, 6.07) is 15.5. The van der Waals surface area contributed by atoms with Gasteiger partial charge < -0.3 is 9.72 Å². The van der Waals surface area contributed by atoms with Gasteiger partial charge in [0.2, 0.25) is 0 Å². The van der Waals surface area contributed by atoms with E-state index in [9.17, 15) is 9.59 Å². The number of carbonyl (C=O) groups is 2. The Morgan fingerprint density at radius 1 is 1.04 bits per heavy atom. The number of pyridine rings is 1. The van der Waals surface area contributed by atoms with Gasteiger partial charge in [0.25, 0.3) is 11.7 Å². The molecule has 24 heavy (non-hydrogen) atoms. The second-order valence-corrected chi connectivity index (χ2v) is 6.23. The smallest absolute Gasteiger partial charge is 0.294 e. The first kappa shape index (κ1) is 16.0. The molecular formula is C20H20N2O2. The van der Waals surface area contributed by atoms with Gasteiger partial charge in [0, 0.05) is 23.3 Å². The van der Waals surface area contributed by atoms with E-state index in [-0.39, 0.29) is 6.04 Å². The van der Waals surface area contributed by atoms with E-state index in [2.05, 4.69) is 5.32 Å². The number of fused-ring (bicyclic) bond motifs is 1. The lowest BCUT2D eigenvalue weighted by atomic mass is 10.0. The van der Waals surface area contributed by atoms with Gasteiger partial charge in [-0.15, -0.1) is 0 Å². The van der Waals surface area contributed by atoms with E-state index in [4.69, 9.17) is 0 Å². The number of carbonyl (C=O) groups excluding carboxylic acids is 2. The molecule has 0 aliphatic rings.